The van der Waals surface area contributed by atoms with E-state index in [0.717, 1.165) is 0 Å². The molecular weight excluding hydrogens is 778 g/mol. The molecule has 58 heavy (non-hydrogen) atoms. The topological polar surface area (TPSA) is 477 Å². The molecule has 3 rings (SSSR count). The van der Waals surface area contributed by atoms with Gasteiger partial charge < -0.3 is 111 Å². The summed E-state index contributed by atoms with van der Waals surface area (Å²) in [5, 5.41) is 80.8. The number of nitrogens with zero attached hydrogens (tertiary/aromatic N) is 1. The van der Waals surface area contributed by atoms with Crippen LogP contribution < -0.4 is 56.1 Å². The molecule has 0 aromatic rings. The lowest BCUT2D eigenvalue weighted by Gasteiger charge is -2.48. The number of amides is 4. The largest absolute Gasteiger partial charge is 0.391 e. The van der Waals surface area contributed by atoms with Crippen LogP contribution in [0.5, 0.6) is 0 Å². The molecule has 18 atom stereocenters. The van der Waals surface area contributed by atoms with Gasteiger partial charge in [-0.2, -0.15) is 0 Å². The second kappa shape index (κ2) is 22.2. The molecule has 0 unspecified atom stereocenters. The van der Waals surface area contributed by atoms with Gasteiger partial charge in [0.05, 0.1) is 18.2 Å². The van der Waals surface area contributed by atoms with Gasteiger partial charge in [0.2, 0.25) is 23.6 Å². The van der Waals surface area contributed by atoms with Gasteiger partial charge >= 0.3 is 0 Å². The molecule has 1 saturated carbocycles. The second-order valence-corrected chi connectivity index (χ2v) is 14.6. The van der Waals surface area contributed by atoms with Crippen molar-refractivity contribution in [2.24, 2.45) is 45.1 Å². The van der Waals surface area contributed by atoms with E-state index >= 15 is 0 Å². The summed E-state index contributed by atoms with van der Waals surface area (Å²) in [5.41, 5.74) is 40.0. The first-order chi connectivity index (χ1) is 27.2. The maximum atomic E-state index is 12.9. The molecule has 24 N–H and O–H groups in total. The summed E-state index contributed by atoms with van der Waals surface area (Å²) in [7, 11) is 0. The molecule has 2 heterocycles. The quantitative estimate of drug-likeness (QED) is 0.0326. The molecule has 2 aliphatic heterocycles. The van der Waals surface area contributed by atoms with Crippen LogP contribution in [-0.4, -0.2) is 195 Å². The molecule has 3 aliphatic rings. The van der Waals surface area contributed by atoms with Crippen LogP contribution in [0.25, 0.3) is 0 Å². The Morgan fingerprint density at radius 1 is 0.776 bits per heavy atom. The zero-order valence-electron chi connectivity index (χ0n) is 31.9. The molecule has 26 heteroatoms. The fourth-order valence-electron chi connectivity index (χ4n) is 6.67. The van der Waals surface area contributed by atoms with Crippen LogP contribution in [0.15, 0.2) is 4.99 Å². The fourth-order valence-corrected chi connectivity index (χ4v) is 6.67. The van der Waals surface area contributed by atoms with Gasteiger partial charge in [-0.05, 0) is 26.2 Å². The average Bonchev–Trinajstić information content (AvgIpc) is 3.16. The molecule has 2 saturated heterocycles. The van der Waals surface area contributed by atoms with Crippen molar-refractivity contribution in [1.82, 2.24) is 16.0 Å². The summed E-state index contributed by atoms with van der Waals surface area (Å²) < 4.78 is 22.9. The zero-order valence-corrected chi connectivity index (χ0v) is 31.9. The minimum Gasteiger partial charge on any atom is -0.391 e. The highest BCUT2D eigenvalue weighted by atomic mass is 16.7. The van der Waals surface area contributed by atoms with Gasteiger partial charge in [-0.1, -0.05) is 0 Å². The van der Waals surface area contributed by atoms with Crippen molar-refractivity contribution in [3.05, 3.63) is 0 Å². The van der Waals surface area contributed by atoms with E-state index in [4.69, 9.17) is 59.1 Å². The van der Waals surface area contributed by atoms with E-state index in [0.29, 0.717) is 0 Å². The average molecular weight is 840 g/mol. The first-order valence-electron chi connectivity index (χ1n) is 18.7. The Balaban J connectivity index is 1.59. The maximum absolute atomic E-state index is 12.9. The number of guanidine groups is 1. The first kappa shape index (κ1) is 48.9. The number of hydrogen-bond acceptors (Lipinski definition) is 20. The van der Waals surface area contributed by atoms with Crippen molar-refractivity contribution in [3.63, 3.8) is 0 Å². The normalized spacial score (nSPS) is 36.8. The van der Waals surface area contributed by atoms with Gasteiger partial charge in [-0.3, -0.25) is 24.2 Å². The summed E-state index contributed by atoms with van der Waals surface area (Å²) in [4.78, 5) is 54.0. The van der Waals surface area contributed by atoms with Crippen LogP contribution in [0.2, 0.25) is 0 Å². The van der Waals surface area contributed by atoms with E-state index in [-0.39, 0.29) is 38.3 Å². The van der Waals surface area contributed by atoms with Gasteiger partial charge in [-0.15, -0.1) is 0 Å². The van der Waals surface area contributed by atoms with Crippen molar-refractivity contribution in [3.8, 4) is 0 Å². The number of aliphatic hydroxyl groups excluding tert-OH is 7. The van der Waals surface area contributed by atoms with E-state index in [2.05, 4.69) is 20.9 Å². The number of carbonyl (C=O) groups excluding carboxylic acids is 4. The number of primary amides is 1. The molecule has 3 fully saturated rings. The molecule has 0 radical (unpaired) electrons. The number of hydrogen-bond donors (Lipinski definition) is 17. The minimum atomic E-state index is -1.75. The third-order valence-electron chi connectivity index (χ3n) is 10.1. The monoisotopic (exact) mass is 839 g/mol. The van der Waals surface area contributed by atoms with Crippen molar-refractivity contribution >= 4 is 29.6 Å². The number of rotatable bonds is 19. The first-order valence-corrected chi connectivity index (χ1v) is 18.7. The molecule has 0 spiro atoms. The van der Waals surface area contributed by atoms with E-state index in [9.17, 15) is 54.9 Å². The summed E-state index contributed by atoms with van der Waals surface area (Å²) in [5.74, 6) is -3.47. The third kappa shape index (κ3) is 13.0. The number of aliphatic hydroxyl groups is 7. The Hall–Kier alpha value is -3.45. The third-order valence-corrected chi connectivity index (χ3v) is 10.1. The van der Waals surface area contributed by atoms with E-state index < -0.39 is 153 Å². The lowest BCUT2D eigenvalue weighted by atomic mass is 9.84. The van der Waals surface area contributed by atoms with Crippen LogP contribution in [0.4, 0.5) is 0 Å². The van der Waals surface area contributed by atoms with Crippen LogP contribution in [0.1, 0.15) is 39.0 Å². The predicted octanol–water partition coefficient (Wildman–Crippen LogP) is -10.5. The second-order valence-electron chi connectivity index (χ2n) is 14.6. The molecule has 0 aromatic heterocycles. The van der Waals surface area contributed by atoms with Crippen molar-refractivity contribution in [2.45, 2.75) is 149 Å². The Morgan fingerprint density at radius 2 is 1.34 bits per heavy atom. The Kier molecular flexibility index (Phi) is 18.8. The van der Waals surface area contributed by atoms with Gasteiger partial charge in [0, 0.05) is 44.6 Å². The fraction of sp³-hybridized carbons (Fsp3) is 0.844. The van der Waals surface area contributed by atoms with Gasteiger partial charge in [-0.25, -0.2) is 0 Å². The number of aliphatic imine (C=N–C) groups is 1. The summed E-state index contributed by atoms with van der Waals surface area (Å²) in [6.45, 7) is 0.710. The highest BCUT2D eigenvalue weighted by Crippen LogP contribution is 2.31. The molecule has 1 aliphatic carbocycles. The van der Waals surface area contributed by atoms with Crippen molar-refractivity contribution in [2.75, 3.05) is 19.6 Å². The van der Waals surface area contributed by atoms with Gasteiger partial charge in [0.25, 0.3) is 0 Å². The number of nitrogens with one attached hydrogen (secondary N) is 3. The molecule has 334 valence electrons. The predicted molar refractivity (Wildman–Crippen MR) is 198 cm³/mol. The van der Waals surface area contributed by atoms with Crippen molar-refractivity contribution in [1.29, 1.82) is 0 Å². The smallest absolute Gasteiger partial charge is 0.243 e. The Labute approximate surface area is 333 Å². The van der Waals surface area contributed by atoms with Crippen LogP contribution in [0.3, 0.4) is 0 Å². The van der Waals surface area contributed by atoms with Gasteiger partial charge in [0.1, 0.15) is 67.0 Å². The Morgan fingerprint density at radius 3 is 1.90 bits per heavy atom. The molecular formula is C32H61N11O15. The minimum absolute atomic E-state index is 0.00375. The summed E-state index contributed by atoms with van der Waals surface area (Å²) in [6, 6.07) is -5.99. The van der Waals surface area contributed by atoms with E-state index in [1.165, 1.54) is 6.92 Å². The zero-order chi connectivity index (χ0) is 43.6. The summed E-state index contributed by atoms with van der Waals surface area (Å²) in [6.07, 6.45) is -20.1. The standard InChI is InChI=1S/C32H61N11O15/c1-10(44)19(28(37)53)43-29(54)13(3-2-6-40-32(38)39)42-17(46)5-4-16(45)41-9-15-20(47)18(36)22(49)30(56-15)57-26-11(34)7-12(35)27(25(26)52)58-31-24(51)23(50)21(48)14(8-33)55-31/h10-15,18-27,30-31,44,47-52H,2-9,33-36H2,1H3,(H2,37,53)(H,41,45)(H,42,46)(H,43,54)(H4,38,39,40)/t10-,11-,12+,13+,14-,15-,18+,19+,20-,21-,22-,23+,24-,25-,26+,27-,30-,31-/m1/s1. The van der Waals surface area contributed by atoms with Crippen LogP contribution in [0, 0.1) is 0 Å². The summed E-state index contributed by atoms with van der Waals surface area (Å²) >= 11 is 0. The molecule has 0 aromatic carbocycles. The molecule has 0 bridgehead atoms. The van der Waals surface area contributed by atoms with Crippen LogP contribution in [-0.2, 0) is 38.1 Å². The molecule has 26 nitrogen and oxygen atoms in total. The number of nitrogens with two attached hydrogens (primary N) is 7. The van der Waals surface area contributed by atoms with E-state index in [1.54, 1.807) is 0 Å². The maximum Gasteiger partial charge on any atom is 0.243 e. The van der Waals surface area contributed by atoms with Gasteiger partial charge in [0.15, 0.2) is 18.5 Å². The lowest BCUT2D eigenvalue weighted by molar-refractivity contribution is -0.330. The number of ether oxygens (including phenoxy) is 4. The molecule has 4 amide bonds. The Bertz CT molecular complexity index is 1400. The SMILES string of the molecule is C[C@@H](O)[C@H](NC(=O)[C@H](CCCN=C(N)N)NC(=O)CCC(=O)NC[C@H]1O[C@H](O[C@@H]2[C@@H](O)[C@H](O[C@H]3O[C@H](CN)[C@@H](O)[C@H](O)[C@H]3O)[C@@H](N)C[C@H]2N)[C@H](O)[C@@H](N)[C@@H]1O)C(N)=O. The van der Waals surface area contributed by atoms with E-state index in [1.807, 2.05) is 0 Å². The lowest BCUT2D eigenvalue weighted by Crippen LogP contribution is -2.68. The number of carbonyl (C=O) groups is 4. The van der Waals surface area contributed by atoms with Crippen molar-refractivity contribution < 1.29 is 73.9 Å². The highest BCUT2D eigenvalue weighted by Gasteiger charge is 2.51. The highest BCUT2D eigenvalue weighted by molar-refractivity contribution is 5.92. The van der Waals surface area contributed by atoms with Crippen LogP contribution >= 0.6 is 0 Å².